The van der Waals surface area contributed by atoms with Crippen molar-refractivity contribution in [3.8, 4) is 0 Å². The molecule has 0 aliphatic heterocycles. The fourth-order valence-corrected chi connectivity index (χ4v) is 2.18. The highest BCUT2D eigenvalue weighted by atomic mass is 79.9. The number of halogens is 1. The molecule has 0 aliphatic rings. The lowest BCUT2D eigenvalue weighted by molar-refractivity contribution is 0.0346. The molecular formula is C15H23BrO2. The SMILES string of the molecule is CC(C)COCCOCC(CBr)c1ccccc1. The Labute approximate surface area is 119 Å². The van der Waals surface area contributed by atoms with Crippen molar-refractivity contribution >= 4 is 15.9 Å². The van der Waals surface area contributed by atoms with E-state index in [0.717, 1.165) is 18.5 Å². The molecule has 0 saturated heterocycles. The molecule has 102 valence electrons. The summed E-state index contributed by atoms with van der Waals surface area (Å²) in [6.07, 6.45) is 0. The molecule has 0 saturated carbocycles. The minimum absolute atomic E-state index is 0.413. The Bertz CT molecular complexity index is 301. The number of hydrogen-bond donors (Lipinski definition) is 0. The molecule has 0 N–H and O–H groups in total. The summed E-state index contributed by atoms with van der Waals surface area (Å²) in [7, 11) is 0. The van der Waals surface area contributed by atoms with Crippen LogP contribution in [0.4, 0.5) is 0 Å². The van der Waals surface area contributed by atoms with Gasteiger partial charge < -0.3 is 9.47 Å². The third-order valence-corrected chi connectivity index (χ3v) is 3.38. The molecule has 1 atom stereocenters. The Morgan fingerprint density at radius 1 is 1.00 bits per heavy atom. The van der Waals surface area contributed by atoms with Crippen LogP contribution in [0.1, 0.15) is 25.3 Å². The minimum atomic E-state index is 0.413. The van der Waals surface area contributed by atoms with Crippen molar-refractivity contribution in [2.45, 2.75) is 19.8 Å². The first-order valence-corrected chi connectivity index (χ1v) is 7.62. The van der Waals surface area contributed by atoms with Gasteiger partial charge in [0.1, 0.15) is 0 Å². The summed E-state index contributed by atoms with van der Waals surface area (Å²) in [5, 5.41) is 0.921. The van der Waals surface area contributed by atoms with Gasteiger partial charge in [0.05, 0.1) is 19.8 Å². The first kappa shape index (κ1) is 15.7. The van der Waals surface area contributed by atoms with Gasteiger partial charge in [0, 0.05) is 17.9 Å². The quantitative estimate of drug-likeness (QED) is 0.509. The molecule has 0 amide bonds. The zero-order valence-corrected chi connectivity index (χ0v) is 12.9. The predicted octanol–water partition coefficient (Wildman–Crippen LogP) is 3.85. The van der Waals surface area contributed by atoms with E-state index >= 15 is 0 Å². The highest BCUT2D eigenvalue weighted by Gasteiger charge is 2.09. The summed E-state index contributed by atoms with van der Waals surface area (Å²) in [6, 6.07) is 10.5. The fraction of sp³-hybridized carbons (Fsp3) is 0.600. The van der Waals surface area contributed by atoms with Crippen LogP contribution in [-0.2, 0) is 9.47 Å². The zero-order chi connectivity index (χ0) is 13.2. The van der Waals surface area contributed by atoms with E-state index in [2.05, 4.69) is 54.0 Å². The first-order valence-electron chi connectivity index (χ1n) is 6.50. The maximum atomic E-state index is 5.67. The number of ether oxygens (including phenoxy) is 2. The van der Waals surface area contributed by atoms with Gasteiger partial charge in [-0.2, -0.15) is 0 Å². The second-order valence-electron chi connectivity index (χ2n) is 4.81. The third-order valence-electron chi connectivity index (χ3n) is 2.60. The molecule has 18 heavy (non-hydrogen) atoms. The van der Waals surface area contributed by atoms with Gasteiger partial charge in [-0.3, -0.25) is 0 Å². The fourth-order valence-electron chi connectivity index (χ4n) is 1.62. The van der Waals surface area contributed by atoms with Crippen LogP contribution < -0.4 is 0 Å². The van der Waals surface area contributed by atoms with Crippen molar-refractivity contribution in [1.29, 1.82) is 0 Å². The van der Waals surface area contributed by atoms with Crippen molar-refractivity contribution in [3.63, 3.8) is 0 Å². The summed E-state index contributed by atoms with van der Waals surface area (Å²) in [4.78, 5) is 0. The number of hydrogen-bond acceptors (Lipinski definition) is 2. The van der Waals surface area contributed by atoms with Crippen LogP contribution in [0.2, 0.25) is 0 Å². The predicted molar refractivity (Wildman–Crippen MR) is 79.5 cm³/mol. The molecule has 3 heteroatoms. The van der Waals surface area contributed by atoms with E-state index in [1.54, 1.807) is 0 Å². The van der Waals surface area contributed by atoms with E-state index in [0.29, 0.717) is 25.0 Å². The summed E-state index contributed by atoms with van der Waals surface area (Å²) < 4.78 is 11.1. The first-order chi connectivity index (χ1) is 8.74. The van der Waals surface area contributed by atoms with E-state index in [1.165, 1.54) is 5.56 Å². The van der Waals surface area contributed by atoms with Crippen LogP contribution in [0.15, 0.2) is 30.3 Å². The van der Waals surface area contributed by atoms with Crippen LogP contribution in [0.3, 0.4) is 0 Å². The van der Waals surface area contributed by atoms with Crippen molar-refractivity contribution in [2.24, 2.45) is 5.92 Å². The molecule has 0 radical (unpaired) electrons. The Morgan fingerprint density at radius 2 is 1.61 bits per heavy atom. The molecular weight excluding hydrogens is 292 g/mol. The smallest absolute Gasteiger partial charge is 0.0700 e. The summed E-state index contributed by atoms with van der Waals surface area (Å²) >= 11 is 3.54. The van der Waals surface area contributed by atoms with Gasteiger partial charge in [-0.1, -0.05) is 60.1 Å². The van der Waals surface area contributed by atoms with Gasteiger partial charge >= 0.3 is 0 Å². The Hall–Kier alpha value is -0.380. The van der Waals surface area contributed by atoms with Crippen molar-refractivity contribution in [1.82, 2.24) is 0 Å². The highest BCUT2D eigenvalue weighted by Crippen LogP contribution is 2.18. The van der Waals surface area contributed by atoms with Gasteiger partial charge in [0.15, 0.2) is 0 Å². The van der Waals surface area contributed by atoms with Crippen molar-refractivity contribution in [2.75, 3.05) is 31.8 Å². The molecule has 0 aromatic heterocycles. The normalized spacial score (nSPS) is 12.9. The molecule has 1 aromatic rings. The van der Waals surface area contributed by atoms with E-state index in [4.69, 9.17) is 9.47 Å². The zero-order valence-electron chi connectivity index (χ0n) is 11.3. The average molecular weight is 315 g/mol. The van der Waals surface area contributed by atoms with Crippen LogP contribution in [0.25, 0.3) is 0 Å². The van der Waals surface area contributed by atoms with Crippen LogP contribution in [-0.4, -0.2) is 31.8 Å². The topological polar surface area (TPSA) is 18.5 Å². The van der Waals surface area contributed by atoms with Crippen LogP contribution >= 0.6 is 15.9 Å². The standard InChI is InChI=1S/C15H23BrO2/c1-13(2)11-17-8-9-18-12-15(10-16)14-6-4-3-5-7-14/h3-7,13,15H,8-12H2,1-2H3. The van der Waals surface area contributed by atoms with Gasteiger partial charge in [-0.15, -0.1) is 0 Å². The second kappa shape index (κ2) is 9.54. The molecule has 2 nitrogen and oxygen atoms in total. The molecule has 1 rings (SSSR count). The van der Waals surface area contributed by atoms with E-state index in [-0.39, 0.29) is 0 Å². The number of alkyl halides is 1. The van der Waals surface area contributed by atoms with E-state index in [9.17, 15) is 0 Å². The Morgan fingerprint density at radius 3 is 2.17 bits per heavy atom. The number of benzene rings is 1. The average Bonchev–Trinajstić information content (AvgIpc) is 2.38. The Balaban J connectivity index is 2.17. The second-order valence-corrected chi connectivity index (χ2v) is 5.45. The molecule has 0 spiro atoms. The third kappa shape index (κ3) is 6.53. The summed E-state index contributed by atoms with van der Waals surface area (Å²) in [5.41, 5.74) is 1.32. The maximum Gasteiger partial charge on any atom is 0.0700 e. The van der Waals surface area contributed by atoms with Gasteiger partial charge in [-0.05, 0) is 11.5 Å². The van der Waals surface area contributed by atoms with E-state index < -0.39 is 0 Å². The monoisotopic (exact) mass is 314 g/mol. The van der Waals surface area contributed by atoms with Crippen molar-refractivity contribution in [3.05, 3.63) is 35.9 Å². The van der Waals surface area contributed by atoms with E-state index in [1.807, 2.05) is 6.07 Å². The molecule has 0 heterocycles. The summed E-state index contributed by atoms with van der Waals surface area (Å²) in [6.45, 7) is 7.20. The largest absolute Gasteiger partial charge is 0.379 e. The minimum Gasteiger partial charge on any atom is -0.379 e. The molecule has 1 unspecified atom stereocenters. The van der Waals surface area contributed by atoms with Crippen molar-refractivity contribution < 1.29 is 9.47 Å². The Kier molecular flexibility index (Phi) is 8.31. The van der Waals surface area contributed by atoms with Crippen LogP contribution in [0, 0.1) is 5.92 Å². The lowest BCUT2D eigenvalue weighted by Crippen LogP contribution is -2.13. The molecule has 1 aromatic carbocycles. The molecule has 0 fully saturated rings. The summed E-state index contributed by atoms with van der Waals surface area (Å²) in [5.74, 6) is 1.00. The van der Waals surface area contributed by atoms with Gasteiger partial charge in [0.25, 0.3) is 0 Å². The lowest BCUT2D eigenvalue weighted by Gasteiger charge is -2.15. The molecule has 0 aliphatic carbocycles. The maximum absolute atomic E-state index is 5.67. The van der Waals surface area contributed by atoms with Crippen LogP contribution in [0.5, 0.6) is 0 Å². The van der Waals surface area contributed by atoms with Gasteiger partial charge in [0.2, 0.25) is 0 Å². The lowest BCUT2D eigenvalue weighted by atomic mass is 10.0. The molecule has 0 bridgehead atoms. The highest BCUT2D eigenvalue weighted by molar-refractivity contribution is 9.09. The number of rotatable bonds is 9. The van der Waals surface area contributed by atoms with Gasteiger partial charge in [-0.25, -0.2) is 0 Å².